The number of carbonyl (C=O) groups excluding carboxylic acids is 1. The number of aliphatic hydroxyl groups excluding tert-OH is 1. The molecule has 2 aliphatic rings. The van der Waals surface area contributed by atoms with Gasteiger partial charge in [0, 0.05) is 19.0 Å². The summed E-state index contributed by atoms with van der Waals surface area (Å²) in [6.45, 7) is 1.24. The van der Waals surface area contributed by atoms with Crippen molar-refractivity contribution in [2.45, 2.75) is 38.2 Å². The molecule has 1 N–H and O–H groups in total. The zero-order chi connectivity index (χ0) is 11.5. The van der Waals surface area contributed by atoms with Gasteiger partial charge < -0.3 is 10.0 Å². The highest BCUT2D eigenvalue weighted by molar-refractivity contribution is 5.78. The first-order valence-electron chi connectivity index (χ1n) is 6.03. The van der Waals surface area contributed by atoms with Gasteiger partial charge in [0.15, 0.2) is 0 Å². The Morgan fingerprint density at radius 1 is 1.44 bits per heavy atom. The Labute approximate surface area is 95.9 Å². The van der Waals surface area contributed by atoms with Gasteiger partial charge in [-0.1, -0.05) is 12.8 Å². The summed E-state index contributed by atoms with van der Waals surface area (Å²) in [5.74, 6) is 0.907. The molecule has 2 rings (SSSR count). The molecule has 4 heteroatoms. The molecule has 1 amide bonds. The van der Waals surface area contributed by atoms with Crippen LogP contribution in [0.25, 0.3) is 0 Å². The predicted molar refractivity (Wildman–Crippen MR) is 58.3 cm³/mol. The second kappa shape index (κ2) is 4.84. The van der Waals surface area contributed by atoms with Crippen molar-refractivity contribution in [3.05, 3.63) is 0 Å². The lowest BCUT2D eigenvalue weighted by Crippen LogP contribution is -2.46. The smallest absolute Gasteiger partial charge is 0.236 e. The molecule has 1 saturated carbocycles. The van der Waals surface area contributed by atoms with Crippen molar-refractivity contribution in [2.75, 3.05) is 13.1 Å². The third-order valence-corrected chi connectivity index (χ3v) is 3.61. The van der Waals surface area contributed by atoms with E-state index in [0.717, 1.165) is 12.3 Å². The van der Waals surface area contributed by atoms with Crippen LogP contribution in [0.4, 0.5) is 0 Å². The highest BCUT2D eigenvalue weighted by atomic mass is 16.3. The van der Waals surface area contributed by atoms with Crippen LogP contribution in [0.3, 0.4) is 0 Å². The van der Waals surface area contributed by atoms with E-state index in [2.05, 4.69) is 0 Å². The second-order valence-electron chi connectivity index (χ2n) is 4.97. The van der Waals surface area contributed by atoms with Crippen LogP contribution in [0.2, 0.25) is 0 Å². The minimum absolute atomic E-state index is 0.0355. The fourth-order valence-corrected chi connectivity index (χ4v) is 2.44. The van der Waals surface area contributed by atoms with E-state index in [-0.39, 0.29) is 24.3 Å². The van der Waals surface area contributed by atoms with Crippen LogP contribution in [-0.4, -0.2) is 35.1 Å². The Hall–Kier alpha value is -1.08. The van der Waals surface area contributed by atoms with Gasteiger partial charge in [0.25, 0.3) is 0 Å². The monoisotopic (exact) mass is 222 g/mol. The molecule has 2 fully saturated rings. The van der Waals surface area contributed by atoms with Gasteiger partial charge >= 0.3 is 0 Å². The summed E-state index contributed by atoms with van der Waals surface area (Å²) < 4.78 is 0. The molecule has 1 aliphatic heterocycles. The summed E-state index contributed by atoms with van der Waals surface area (Å²) in [4.78, 5) is 13.3. The van der Waals surface area contributed by atoms with Gasteiger partial charge in [0.05, 0.1) is 12.2 Å². The minimum atomic E-state index is -0.258. The number of amides is 1. The zero-order valence-electron chi connectivity index (χ0n) is 9.43. The van der Waals surface area contributed by atoms with Crippen molar-refractivity contribution in [1.82, 2.24) is 4.90 Å². The van der Waals surface area contributed by atoms with E-state index in [0.29, 0.717) is 19.5 Å². The molecule has 16 heavy (non-hydrogen) atoms. The number of nitrogens with zero attached hydrogens (tertiary/aromatic N) is 2. The predicted octanol–water partition coefficient (Wildman–Crippen LogP) is 0.910. The lowest BCUT2D eigenvalue weighted by atomic mass is 9.89. The average Bonchev–Trinajstić information content (AvgIpc) is 3.05. The van der Waals surface area contributed by atoms with E-state index in [4.69, 9.17) is 5.26 Å². The molecule has 88 valence electrons. The van der Waals surface area contributed by atoms with Crippen LogP contribution >= 0.6 is 0 Å². The quantitative estimate of drug-likeness (QED) is 0.772. The van der Waals surface area contributed by atoms with Gasteiger partial charge in [0.1, 0.15) is 6.42 Å². The Morgan fingerprint density at radius 2 is 2.19 bits per heavy atom. The van der Waals surface area contributed by atoms with Crippen molar-refractivity contribution in [3.63, 3.8) is 0 Å². The van der Waals surface area contributed by atoms with Gasteiger partial charge in [-0.05, 0) is 18.8 Å². The molecular weight excluding hydrogens is 204 g/mol. The first-order valence-corrected chi connectivity index (χ1v) is 6.03. The first kappa shape index (κ1) is 11.4. The van der Waals surface area contributed by atoms with Gasteiger partial charge in [0.2, 0.25) is 5.91 Å². The number of piperidine rings is 1. The fraction of sp³-hybridized carbons (Fsp3) is 0.833. The lowest BCUT2D eigenvalue weighted by Gasteiger charge is -2.36. The second-order valence-corrected chi connectivity index (χ2v) is 4.97. The standard InChI is InChI=1S/C12H18N2O2/c13-5-3-12(16)14-6-4-11(15)10(8-14)7-9-1-2-9/h9-11,15H,1-4,6-8H2/t10-,11-/m0/s1. The highest BCUT2D eigenvalue weighted by Crippen LogP contribution is 2.37. The Balaban J connectivity index is 1.87. The molecule has 0 spiro atoms. The number of carbonyl (C=O) groups is 1. The Bertz CT molecular complexity index is 307. The third-order valence-electron chi connectivity index (χ3n) is 3.61. The van der Waals surface area contributed by atoms with Gasteiger partial charge in [-0.3, -0.25) is 4.79 Å². The largest absolute Gasteiger partial charge is 0.393 e. The van der Waals surface area contributed by atoms with Crippen molar-refractivity contribution < 1.29 is 9.90 Å². The SMILES string of the molecule is N#CCC(=O)N1CC[C@H](O)[C@@H](CC2CC2)C1. The Morgan fingerprint density at radius 3 is 2.81 bits per heavy atom. The molecule has 1 heterocycles. The summed E-state index contributed by atoms with van der Waals surface area (Å²) in [6.07, 6.45) is 3.95. The number of rotatable bonds is 3. The van der Waals surface area contributed by atoms with Gasteiger partial charge in [-0.25, -0.2) is 0 Å². The minimum Gasteiger partial charge on any atom is -0.393 e. The number of hydrogen-bond acceptors (Lipinski definition) is 3. The topological polar surface area (TPSA) is 64.3 Å². The van der Waals surface area contributed by atoms with Gasteiger partial charge in [-0.15, -0.1) is 0 Å². The van der Waals surface area contributed by atoms with E-state index >= 15 is 0 Å². The van der Waals surface area contributed by atoms with Crippen LogP contribution in [0.1, 0.15) is 32.1 Å². The van der Waals surface area contributed by atoms with Gasteiger partial charge in [-0.2, -0.15) is 5.26 Å². The van der Waals surface area contributed by atoms with Crippen LogP contribution in [-0.2, 0) is 4.79 Å². The van der Waals surface area contributed by atoms with Crippen molar-refractivity contribution in [2.24, 2.45) is 11.8 Å². The molecule has 0 unspecified atom stereocenters. The summed E-state index contributed by atoms with van der Waals surface area (Å²) >= 11 is 0. The average molecular weight is 222 g/mol. The van der Waals surface area contributed by atoms with Crippen LogP contribution < -0.4 is 0 Å². The molecule has 0 radical (unpaired) electrons. The van der Waals surface area contributed by atoms with E-state index in [1.165, 1.54) is 12.8 Å². The van der Waals surface area contributed by atoms with E-state index in [1.54, 1.807) is 4.90 Å². The molecule has 0 bridgehead atoms. The van der Waals surface area contributed by atoms with E-state index in [9.17, 15) is 9.90 Å². The first-order chi connectivity index (χ1) is 7.70. The number of aliphatic hydroxyl groups is 1. The summed E-state index contributed by atoms with van der Waals surface area (Å²) in [6, 6.07) is 1.89. The third kappa shape index (κ3) is 2.73. The van der Waals surface area contributed by atoms with E-state index < -0.39 is 0 Å². The number of nitriles is 1. The molecule has 2 atom stereocenters. The maximum Gasteiger partial charge on any atom is 0.236 e. The molecular formula is C12H18N2O2. The van der Waals surface area contributed by atoms with Crippen LogP contribution in [0.15, 0.2) is 0 Å². The lowest BCUT2D eigenvalue weighted by molar-refractivity contribution is -0.134. The number of likely N-dealkylation sites (tertiary alicyclic amines) is 1. The number of hydrogen-bond donors (Lipinski definition) is 1. The van der Waals surface area contributed by atoms with Crippen LogP contribution in [0, 0.1) is 23.2 Å². The summed E-state index contributed by atoms with van der Waals surface area (Å²) in [5, 5.41) is 18.4. The van der Waals surface area contributed by atoms with Crippen LogP contribution in [0.5, 0.6) is 0 Å². The summed E-state index contributed by atoms with van der Waals surface area (Å²) in [7, 11) is 0. The van der Waals surface area contributed by atoms with Crippen molar-refractivity contribution >= 4 is 5.91 Å². The van der Waals surface area contributed by atoms with Crippen molar-refractivity contribution in [3.8, 4) is 6.07 Å². The molecule has 0 aromatic heterocycles. The molecule has 1 aliphatic carbocycles. The normalized spacial score (nSPS) is 29.9. The Kier molecular flexibility index (Phi) is 3.45. The highest BCUT2D eigenvalue weighted by Gasteiger charge is 2.34. The molecule has 0 aromatic rings. The maximum absolute atomic E-state index is 11.6. The van der Waals surface area contributed by atoms with E-state index in [1.807, 2.05) is 6.07 Å². The molecule has 1 saturated heterocycles. The summed E-state index contributed by atoms with van der Waals surface area (Å²) in [5.41, 5.74) is 0. The van der Waals surface area contributed by atoms with Crippen molar-refractivity contribution in [1.29, 1.82) is 5.26 Å². The molecule has 0 aromatic carbocycles. The fourth-order valence-electron chi connectivity index (χ4n) is 2.44. The zero-order valence-corrected chi connectivity index (χ0v) is 9.43. The maximum atomic E-state index is 11.6. The molecule has 4 nitrogen and oxygen atoms in total.